The van der Waals surface area contributed by atoms with Gasteiger partial charge in [0, 0.05) is 11.6 Å². The van der Waals surface area contributed by atoms with Gasteiger partial charge in [-0.2, -0.15) is 5.10 Å². The molecule has 0 unspecified atom stereocenters. The van der Waals surface area contributed by atoms with Crippen LogP contribution in [0.15, 0.2) is 36.4 Å². The van der Waals surface area contributed by atoms with Crippen LogP contribution in [0.1, 0.15) is 24.3 Å². The minimum absolute atomic E-state index is 0.161. The molecule has 3 amide bonds. The Morgan fingerprint density at radius 3 is 2.39 bits per heavy atom. The lowest BCUT2D eigenvalue weighted by Crippen LogP contribution is -2.49. The van der Waals surface area contributed by atoms with Crippen molar-refractivity contribution in [2.75, 3.05) is 0 Å². The van der Waals surface area contributed by atoms with Gasteiger partial charge < -0.3 is 5.32 Å². The molecular formula is C15H17N5O3. The standard InChI is InChI=1S/C15H17N5O3/c1-9(2)16-14(22)15(23)20-19-13(21)12-8-11(17-18-12)10-6-4-3-5-7-10/h3-9H,1-2H3,(H,16,22)(H,17,18)(H,19,21)(H,20,23). The van der Waals surface area contributed by atoms with E-state index in [4.69, 9.17) is 0 Å². The van der Waals surface area contributed by atoms with Crippen LogP contribution in [0.2, 0.25) is 0 Å². The molecule has 0 fully saturated rings. The highest BCUT2D eigenvalue weighted by Crippen LogP contribution is 2.16. The average Bonchev–Trinajstić information content (AvgIpc) is 3.02. The molecule has 1 heterocycles. The van der Waals surface area contributed by atoms with E-state index in [2.05, 4.69) is 20.9 Å². The number of rotatable bonds is 3. The van der Waals surface area contributed by atoms with Crippen molar-refractivity contribution < 1.29 is 14.4 Å². The van der Waals surface area contributed by atoms with Crippen molar-refractivity contribution in [1.29, 1.82) is 0 Å². The summed E-state index contributed by atoms with van der Waals surface area (Å²) in [6.45, 7) is 3.44. The lowest BCUT2D eigenvalue weighted by Gasteiger charge is -2.08. The number of hydrazine groups is 1. The molecule has 0 saturated heterocycles. The Morgan fingerprint density at radius 2 is 1.74 bits per heavy atom. The number of amides is 3. The summed E-state index contributed by atoms with van der Waals surface area (Å²) in [7, 11) is 0. The third-order valence-corrected chi connectivity index (χ3v) is 2.81. The number of H-pyrrole nitrogens is 1. The number of carbonyl (C=O) groups is 3. The second-order valence-electron chi connectivity index (χ2n) is 5.07. The molecule has 0 atom stereocenters. The van der Waals surface area contributed by atoms with Crippen LogP contribution in [0, 0.1) is 0 Å². The molecule has 1 aromatic carbocycles. The zero-order chi connectivity index (χ0) is 16.8. The number of aromatic nitrogens is 2. The van der Waals surface area contributed by atoms with Crippen molar-refractivity contribution in [3.8, 4) is 11.3 Å². The molecule has 0 aliphatic rings. The number of nitrogens with one attached hydrogen (secondary N) is 4. The number of hydrogen-bond acceptors (Lipinski definition) is 4. The number of nitrogens with zero attached hydrogens (tertiary/aromatic N) is 1. The molecule has 0 radical (unpaired) electrons. The van der Waals surface area contributed by atoms with Gasteiger partial charge in [0.1, 0.15) is 5.69 Å². The smallest absolute Gasteiger partial charge is 0.327 e. The Labute approximate surface area is 132 Å². The van der Waals surface area contributed by atoms with Crippen LogP contribution in [0.4, 0.5) is 0 Å². The van der Waals surface area contributed by atoms with Crippen LogP contribution >= 0.6 is 0 Å². The molecular weight excluding hydrogens is 298 g/mol. The van der Waals surface area contributed by atoms with Crippen molar-refractivity contribution in [2.45, 2.75) is 19.9 Å². The zero-order valence-corrected chi connectivity index (χ0v) is 12.7. The van der Waals surface area contributed by atoms with E-state index >= 15 is 0 Å². The summed E-state index contributed by atoms with van der Waals surface area (Å²) in [4.78, 5) is 34.8. The topological polar surface area (TPSA) is 116 Å². The summed E-state index contributed by atoms with van der Waals surface area (Å²) in [5, 5.41) is 9.02. The molecule has 2 rings (SSSR count). The van der Waals surface area contributed by atoms with Gasteiger partial charge in [0.05, 0.1) is 5.69 Å². The zero-order valence-electron chi connectivity index (χ0n) is 12.7. The Kier molecular flexibility index (Phi) is 5.08. The maximum atomic E-state index is 11.9. The largest absolute Gasteiger partial charge is 0.346 e. The van der Waals surface area contributed by atoms with Crippen molar-refractivity contribution in [3.05, 3.63) is 42.1 Å². The molecule has 23 heavy (non-hydrogen) atoms. The number of carbonyl (C=O) groups excluding carboxylic acids is 3. The molecule has 0 saturated carbocycles. The van der Waals surface area contributed by atoms with Crippen molar-refractivity contribution in [3.63, 3.8) is 0 Å². The Morgan fingerprint density at radius 1 is 1.04 bits per heavy atom. The van der Waals surface area contributed by atoms with Gasteiger partial charge >= 0.3 is 11.8 Å². The quantitative estimate of drug-likeness (QED) is 0.483. The molecule has 4 N–H and O–H groups in total. The van der Waals surface area contributed by atoms with E-state index in [-0.39, 0.29) is 11.7 Å². The van der Waals surface area contributed by atoms with Crippen LogP contribution in [-0.4, -0.2) is 34.0 Å². The third kappa shape index (κ3) is 4.40. The molecule has 0 aliphatic carbocycles. The molecule has 2 aromatic rings. The SMILES string of the molecule is CC(C)NC(=O)C(=O)NNC(=O)c1cc(-c2ccccc2)n[nH]1. The molecule has 0 spiro atoms. The Balaban J connectivity index is 1.93. The minimum Gasteiger partial charge on any atom is -0.346 e. The molecule has 1 aromatic heterocycles. The average molecular weight is 315 g/mol. The number of benzene rings is 1. The Hall–Kier alpha value is -3.16. The summed E-state index contributed by atoms with van der Waals surface area (Å²) in [5.74, 6) is -2.38. The lowest BCUT2D eigenvalue weighted by molar-refractivity contribution is -0.139. The van der Waals surface area contributed by atoms with Crippen LogP contribution < -0.4 is 16.2 Å². The fourth-order valence-electron chi connectivity index (χ4n) is 1.76. The summed E-state index contributed by atoms with van der Waals surface area (Å²) in [6.07, 6.45) is 0. The summed E-state index contributed by atoms with van der Waals surface area (Å²) >= 11 is 0. The minimum atomic E-state index is -0.949. The first-order valence-electron chi connectivity index (χ1n) is 6.99. The maximum Gasteiger partial charge on any atom is 0.327 e. The first-order chi connectivity index (χ1) is 11.0. The fraction of sp³-hybridized carbons (Fsp3) is 0.200. The van der Waals surface area contributed by atoms with Crippen LogP contribution in [0.25, 0.3) is 11.3 Å². The van der Waals surface area contributed by atoms with Gasteiger partial charge in [-0.1, -0.05) is 30.3 Å². The molecule has 8 heteroatoms. The highest BCUT2D eigenvalue weighted by atomic mass is 16.2. The lowest BCUT2D eigenvalue weighted by atomic mass is 10.1. The molecule has 8 nitrogen and oxygen atoms in total. The predicted octanol–water partition coefficient (Wildman–Crippen LogP) is 0.362. The van der Waals surface area contributed by atoms with Gasteiger partial charge in [0.25, 0.3) is 5.91 Å². The highest BCUT2D eigenvalue weighted by Gasteiger charge is 2.16. The van der Waals surface area contributed by atoms with E-state index in [9.17, 15) is 14.4 Å². The normalized spacial score (nSPS) is 10.2. The molecule has 0 aliphatic heterocycles. The fourth-order valence-corrected chi connectivity index (χ4v) is 1.76. The van der Waals surface area contributed by atoms with Gasteiger partial charge in [-0.25, -0.2) is 0 Å². The van der Waals surface area contributed by atoms with E-state index in [1.165, 1.54) is 0 Å². The summed E-state index contributed by atoms with van der Waals surface area (Å²) in [5.41, 5.74) is 5.79. The van der Waals surface area contributed by atoms with Crippen molar-refractivity contribution >= 4 is 17.7 Å². The van der Waals surface area contributed by atoms with Crippen LogP contribution in [0.3, 0.4) is 0 Å². The Bertz CT molecular complexity index is 709. The van der Waals surface area contributed by atoms with Crippen molar-refractivity contribution in [1.82, 2.24) is 26.4 Å². The van der Waals surface area contributed by atoms with Crippen LogP contribution in [-0.2, 0) is 9.59 Å². The highest BCUT2D eigenvalue weighted by molar-refractivity contribution is 6.35. The van der Waals surface area contributed by atoms with Gasteiger partial charge in [-0.3, -0.25) is 30.3 Å². The number of aromatic amines is 1. The van der Waals surface area contributed by atoms with Gasteiger partial charge in [-0.05, 0) is 19.9 Å². The first-order valence-corrected chi connectivity index (χ1v) is 6.99. The monoisotopic (exact) mass is 315 g/mol. The summed E-state index contributed by atoms with van der Waals surface area (Å²) < 4.78 is 0. The van der Waals surface area contributed by atoms with E-state index in [1.54, 1.807) is 19.9 Å². The third-order valence-electron chi connectivity index (χ3n) is 2.81. The molecule has 0 bridgehead atoms. The second-order valence-corrected chi connectivity index (χ2v) is 5.07. The van der Waals surface area contributed by atoms with Gasteiger partial charge in [0.2, 0.25) is 0 Å². The number of hydrogen-bond donors (Lipinski definition) is 4. The maximum absolute atomic E-state index is 11.9. The van der Waals surface area contributed by atoms with E-state index in [0.29, 0.717) is 5.69 Å². The van der Waals surface area contributed by atoms with Gasteiger partial charge in [-0.15, -0.1) is 0 Å². The first kappa shape index (κ1) is 16.2. The second kappa shape index (κ2) is 7.21. The van der Waals surface area contributed by atoms with E-state index in [0.717, 1.165) is 5.56 Å². The van der Waals surface area contributed by atoms with Crippen LogP contribution in [0.5, 0.6) is 0 Å². The van der Waals surface area contributed by atoms with Gasteiger partial charge in [0.15, 0.2) is 0 Å². The van der Waals surface area contributed by atoms with E-state index in [1.807, 2.05) is 35.8 Å². The summed E-state index contributed by atoms with van der Waals surface area (Å²) in [6, 6.07) is 10.7. The van der Waals surface area contributed by atoms with E-state index < -0.39 is 17.7 Å². The molecule has 120 valence electrons. The van der Waals surface area contributed by atoms with Crippen molar-refractivity contribution in [2.24, 2.45) is 0 Å². The predicted molar refractivity (Wildman–Crippen MR) is 82.9 cm³/mol.